The summed E-state index contributed by atoms with van der Waals surface area (Å²) in [4.78, 5) is 12.7. The number of rotatable bonds is 8. The Balaban J connectivity index is 1.32. The van der Waals surface area contributed by atoms with Crippen LogP contribution in [0, 0.1) is 11.8 Å². The quantitative estimate of drug-likeness (QED) is 0.583. The predicted molar refractivity (Wildman–Crippen MR) is 125 cm³/mol. The molecule has 0 radical (unpaired) electrons. The first kappa shape index (κ1) is 24.3. The zero-order valence-corrected chi connectivity index (χ0v) is 20.1. The minimum absolute atomic E-state index is 0.0420. The van der Waals surface area contributed by atoms with Crippen molar-refractivity contribution in [1.29, 1.82) is 0 Å². The molecule has 10 heteroatoms. The molecule has 1 saturated heterocycles. The summed E-state index contributed by atoms with van der Waals surface area (Å²) in [7, 11) is -3.69. The van der Waals surface area contributed by atoms with E-state index in [4.69, 9.17) is 14.2 Å². The maximum absolute atomic E-state index is 13.1. The van der Waals surface area contributed by atoms with Gasteiger partial charge in [-0.15, -0.1) is 0 Å². The fraction of sp³-hybridized carbons (Fsp3) is 0.458. The van der Waals surface area contributed by atoms with E-state index >= 15 is 0 Å². The molecule has 0 saturated carbocycles. The molecule has 0 aliphatic carbocycles. The number of aliphatic hydroxyl groups is 1. The van der Waals surface area contributed by atoms with Crippen LogP contribution < -0.4 is 19.5 Å². The summed E-state index contributed by atoms with van der Waals surface area (Å²) >= 11 is 0. The maximum Gasteiger partial charge on any atom is 0.251 e. The second-order valence-corrected chi connectivity index (χ2v) is 10.9. The second kappa shape index (κ2) is 10.2. The summed E-state index contributed by atoms with van der Waals surface area (Å²) in [5, 5.41) is 12.8. The van der Waals surface area contributed by atoms with Crippen LogP contribution in [0.25, 0.3) is 0 Å². The topological polar surface area (TPSA) is 114 Å². The molecule has 2 N–H and O–H groups in total. The zero-order valence-electron chi connectivity index (χ0n) is 19.3. The number of aliphatic hydroxyl groups excluding tert-OH is 1. The number of fused-ring (bicyclic) bond motifs is 1. The summed E-state index contributed by atoms with van der Waals surface area (Å²) in [6, 6.07) is 11.1. The minimum atomic E-state index is -3.69. The lowest BCUT2D eigenvalue weighted by Crippen LogP contribution is -2.42. The Hall–Kier alpha value is -2.82. The van der Waals surface area contributed by atoms with Gasteiger partial charge >= 0.3 is 0 Å². The first-order valence-corrected chi connectivity index (χ1v) is 12.8. The van der Waals surface area contributed by atoms with Crippen LogP contribution in [0.5, 0.6) is 17.2 Å². The van der Waals surface area contributed by atoms with E-state index < -0.39 is 22.0 Å². The molecule has 0 aromatic heterocycles. The summed E-state index contributed by atoms with van der Waals surface area (Å²) in [6.45, 7) is 5.10. The lowest BCUT2D eigenvalue weighted by molar-refractivity contribution is 0.0843. The van der Waals surface area contributed by atoms with Crippen molar-refractivity contribution in [2.75, 3.05) is 33.0 Å². The first-order valence-electron chi connectivity index (χ1n) is 11.3. The number of hydrogen-bond acceptors (Lipinski definition) is 7. The van der Waals surface area contributed by atoms with E-state index in [0.29, 0.717) is 30.3 Å². The Morgan fingerprint density at radius 1 is 1.15 bits per heavy atom. The van der Waals surface area contributed by atoms with E-state index in [2.05, 4.69) is 5.32 Å². The Kier molecular flexibility index (Phi) is 7.30. The van der Waals surface area contributed by atoms with Crippen LogP contribution in [-0.2, 0) is 10.0 Å². The largest absolute Gasteiger partial charge is 0.491 e. The van der Waals surface area contributed by atoms with Crippen molar-refractivity contribution in [3.63, 3.8) is 0 Å². The van der Waals surface area contributed by atoms with Crippen molar-refractivity contribution in [1.82, 2.24) is 9.62 Å². The SMILES string of the molecule is CC1CC(C)CN(S(=O)(=O)c2cccc(C(=O)NCC(O)COc3ccc4c(c3)OCO4)c2)C1. The molecule has 2 heterocycles. The number of sulfonamides is 1. The maximum atomic E-state index is 13.1. The van der Waals surface area contributed by atoms with Gasteiger partial charge in [-0.3, -0.25) is 4.79 Å². The molecule has 3 atom stereocenters. The number of carbonyl (C=O) groups is 1. The number of nitrogens with one attached hydrogen (secondary N) is 1. The smallest absolute Gasteiger partial charge is 0.251 e. The minimum Gasteiger partial charge on any atom is -0.491 e. The Morgan fingerprint density at radius 3 is 2.65 bits per heavy atom. The molecule has 2 aliphatic rings. The van der Waals surface area contributed by atoms with Gasteiger partial charge in [-0.25, -0.2) is 8.42 Å². The Bertz CT molecular complexity index is 1130. The number of benzene rings is 2. The van der Waals surface area contributed by atoms with Crippen molar-refractivity contribution in [3.8, 4) is 17.2 Å². The van der Waals surface area contributed by atoms with Gasteiger partial charge in [0.1, 0.15) is 18.5 Å². The number of hydrogen-bond donors (Lipinski definition) is 2. The molecule has 0 spiro atoms. The van der Waals surface area contributed by atoms with E-state index in [0.717, 1.165) is 6.42 Å². The van der Waals surface area contributed by atoms with E-state index in [9.17, 15) is 18.3 Å². The highest BCUT2D eigenvalue weighted by molar-refractivity contribution is 7.89. The second-order valence-electron chi connectivity index (χ2n) is 8.99. The molecule has 2 aliphatic heterocycles. The van der Waals surface area contributed by atoms with Crippen LogP contribution in [0.3, 0.4) is 0 Å². The molecule has 3 unspecified atom stereocenters. The van der Waals surface area contributed by atoms with Gasteiger partial charge in [0.25, 0.3) is 5.91 Å². The van der Waals surface area contributed by atoms with Crippen molar-refractivity contribution >= 4 is 15.9 Å². The van der Waals surface area contributed by atoms with E-state index in [-0.39, 0.29) is 42.2 Å². The fourth-order valence-corrected chi connectivity index (χ4v) is 6.01. The highest BCUT2D eigenvalue weighted by Crippen LogP contribution is 2.35. The highest BCUT2D eigenvalue weighted by atomic mass is 32.2. The van der Waals surface area contributed by atoms with Gasteiger partial charge in [0, 0.05) is 31.3 Å². The third-order valence-electron chi connectivity index (χ3n) is 5.85. The Morgan fingerprint density at radius 2 is 1.88 bits per heavy atom. The standard InChI is InChI=1S/C24H30N2O7S/c1-16-8-17(2)13-26(12-16)34(29,30)21-5-3-4-18(9-21)24(28)25-11-19(27)14-31-20-6-7-22-23(10-20)33-15-32-22/h3-7,9-10,16-17,19,27H,8,11-15H2,1-2H3,(H,25,28). The van der Waals surface area contributed by atoms with Crippen molar-refractivity contribution in [2.24, 2.45) is 11.8 Å². The molecule has 34 heavy (non-hydrogen) atoms. The number of nitrogens with zero attached hydrogens (tertiary/aromatic N) is 1. The predicted octanol–water partition coefficient (Wildman–Crippen LogP) is 2.25. The third kappa shape index (κ3) is 5.63. The molecule has 4 rings (SSSR count). The summed E-state index contributed by atoms with van der Waals surface area (Å²) < 4.78 is 43.9. The average Bonchev–Trinajstić information content (AvgIpc) is 3.28. The average molecular weight is 491 g/mol. The van der Waals surface area contributed by atoms with Crippen LogP contribution in [0.15, 0.2) is 47.4 Å². The van der Waals surface area contributed by atoms with Crippen LogP contribution in [0.1, 0.15) is 30.6 Å². The fourth-order valence-electron chi connectivity index (χ4n) is 4.28. The van der Waals surface area contributed by atoms with E-state index in [1.807, 2.05) is 13.8 Å². The number of carbonyl (C=O) groups excluding carboxylic acids is 1. The zero-order chi connectivity index (χ0) is 24.3. The van der Waals surface area contributed by atoms with Gasteiger partial charge in [0.15, 0.2) is 11.5 Å². The van der Waals surface area contributed by atoms with Crippen LogP contribution in [-0.4, -0.2) is 62.9 Å². The van der Waals surface area contributed by atoms with Crippen molar-refractivity contribution < 1.29 is 32.5 Å². The van der Waals surface area contributed by atoms with Gasteiger partial charge < -0.3 is 24.6 Å². The number of ether oxygens (including phenoxy) is 3. The van der Waals surface area contributed by atoms with Crippen LogP contribution >= 0.6 is 0 Å². The third-order valence-corrected chi connectivity index (χ3v) is 7.68. The molecule has 0 bridgehead atoms. The summed E-state index contributed by atoms with van der Waals surface area (Å²) in [5.74, 6) is 1.81. The Labute approximate surface area is 199 Å². The van der Waals surface area contributed by atoms with Crippen LogP contribution in [0.4, 0.5) is 0 Å². The van der Waals surface area contributed by atoms with Crippen molar-refractivity contribution in [3.05, 3.63) is 48.0 Å². The van der Waals surface area contributed by atoms with Gasteiger partial charge in [0.2, 0.25) is 16.8 Å². The highest BCUT2D eigenvalue weighted by Gasteiger charge is 2.32. The lowest BCUT2D eigenvalue weighted by atomic mass is 9.94. The van der Waals surface area contributed by atoms with E-state index in [1.165, 1.54) is 16.4 Å². The van der Waals surface area contributed by atoms with Gasteiger partial charge in [0.05, 0.1) is 4.90 Å². The number of amides is 1. The lowest BCUT2D eigenvalue weighted by Gasteiger charge is -2.34. The van der Waals surface area contributed by atoms with E-state index in [1.54, 1.807) is 30.3 Å². The molecule has 9 nitrogen and oxygen atoms in total. The number of piperidine rings is 1. The molecule has 1 fully saturated rings. The molecule has 2 aromatic carbocycles. The van der Waals surface area contributed by atoms with Crippen LogP contribution in [0.2, 0.25) is 0 Å². The van der Waals surface area contributed by atoms with Crippen molar-refractivity contribution in [2.45, 2.75) is 31.3 Å². The first-order chi connectivity index (χ1) is 16.2. The molecular weight excluding hydrogens is 460 g/mol. The molecule has 1 amide bonds. The van der Waals surface area contributed by atoms with Gasteiger partial charge in [-0.1, -0.05) is 19.9 Å². The molecular formula is C24H30N2O7S. The molecule has 2 aromatic rings. The molecule has 184 valence electrons. The summed E-state index contributed by atoms with van der Waals surface area (Å²) in [6.07, 6.45) is 0.0347. The monoisotopic (exact) mass is 490 g/mol. The summed E-state index contributed by atoms with van der Waals surface area (Å²) in [5.41, 5.74) is 0.211. The van der Waals surface area contributed by atoms with Gasteiger partial charge in [-0.05, 0) is 48.6 Å². The van der Waals surface area contributed by atoms with Gasteiger partial charge in [-0.2, -0.15) is 4.31 Å². The normalized spacial score (nSPS) is 21.1.